The number of hydrogen-bond donors (Lipinski definition) is 1. The first-order chi connectivity index (χ1) is 10.5. The van der Waals surface area contributed by atoms with Gasteiger partial charge < -0.3 is 14.9 Å². The van der Waals surface area contributed by atoms with Crippen LogP contribution in [0.3, 0.4) is 0 Å². The van der Waals surface area contributed by atoms with E-state index in [0.29, 0.717) is 11.5 Å². The number of rotatable bonds is 5. The summed E-state index contributed by atoms with van der Waals surface area (Å²) in [5.41, 5.74) is -0.713. The molecule has 0 bridgehead atoms. The number of ether oxygens (including phenoxy) is 1. The summed E-state index contributed by atoms with van der Waals surface area (Å²) in [6.45, 7) is 8.69. The van der Waals surface area contributed by atoms with Gasteiger partial charge in [0.15, 0.2) is 0 Å². The molecule has 8 nitrogen and oxygen atoms in total. The van der Waals surface area contributed by atoms with Crippen LogP contribution in [-0.2, 0) is 24.0 Å². The van der Waals surface area contributed by atoms with E-state index >= 15 is 0 Å². The Morgan fingerprint density at radius 1 is 1.22 bits per heavy atom. The summed E-state index contributed by atoms with van der Waals surface area (Å²) in [5, 5.41) is 2.91. The summed E-state index contributed by atoms with van der Waals surface area (Å²) in [6.07, 6.45) is -0.157. The number of nitrogens with zero attached hydrogens (tertiary/aromatic N) is 1. The van der Waals surface area contributed by atoms with Gasteiger partial charge in [0.05, 0.1) is 0 Å². The zero-order chi connectivity index (χ0) is 17.8. The Bertz CT molecular complexity index is 481. The maximum atomic E-state index is 12.3. The largest absolute Gasteiger partial charge is 0.444 e. The molecule has 2 unspecified atom stereocenters. The second-order valence-corrected chi connectivity index (χ2v) is 6.50. The van der Waals surface area contributed by atoms with Gasteiger partial charge >= 0.3 is 12.1 Å². The SMILES string of the molecule is CCC(C)C(NC(=O)OC(C)(C)C)C(=O)ON1C(=O)CCC1=O. The summed E-state index contributed by atoms with van der Waals surface area (Å²) in [5.74, 6) is -2.26. The van der Waals surface area contributed by atoms with Gasteiger partial charge in [-0.1, -0.05) is 20.3 Å². The number of amides is 3. The van der Waals surface area contributed by atoms with E-state index in [2.05, 4.69) is 5.32 Å². The van der Waals surface area contributed by atoms with Crippen molar-refractivity contribution in [1.82, 2.24) is 10.4 Å². The van der Waals surface area contributed by atoms with Crippen molar-refractivity contribution in [2.75, 3.05) is 0 Å². The van der Waals surface area contributed by atoms with E-state index in [0.717, 1.165) is 0 Å². The molecule has 0 aliphatic carbocycles. The predicted octanol–water partition coefficient (Wildman–Crippen LogP) is 1.53. The van der Waals surface area contributed by atoms with Crippen LogP contribution in [0.2, 0.25) is 0 Å². The highest BCUT2D eigenvalue weighted by atomic mass is 16.7. The highest BCUT2D eigenvalue weighted by Crippen LogP contribution is 2.16. The molecule has 1 fully saturated rings. The second kappa shape index (κ2) is 7.43. The van der Waals surface area contributed by atoms with Crippen molar-refractivity contribution in [3.8, 4) is 0 Å². The monoisotopic (exact) mass is 328 g/mol. The van der Waals surface area contributed by atoms with Gasteiger partial charge in [0, 0.05) is 12.8 Å². The third-order valence-corrected chi connectivity index (χ3v) is 3.33. The third-order valence-electron chi connectivity index (χ3n) is 3.33. The molecule has 0 spiro atoms. The van der Waals surface area contributed by atoms with E-state index in [4.69, 9.17) is 9.57 Å². The zero-order valence-electron chi connectivity index (χ0n) is 14.2. The Morgan fingerprint density at radius 2 is 1.74 bits per heavy atom. The van der Waals surface area contributed by atoms with Crippen LogP contribution in [0, 0.1) is 5.92 Å². The quantitative estimate of drug-likeness (QED) is 0.768. The molecule has 0 aromatic carbocycles. The smallest absolute Gasteiger partial charge is 0.408 e. The van der Waals surface area contributed by atoms with E-state index in [1.165, 1.54) is 0 Å². The molecule has 8 heteroatoms. The molecule has 0 radical (unpaired) electrons. The first kappa shape index (κ1) is 18.9. The molecule has 1 rings (SSSR count). The summed E-state index contributed by atoms with van der Waals surface area (Å²) in [7, 11) is 0. The summed E-state index contributed by atoms with van der Waals surface area (Å²) in [6, 6.07) is -1.02. The fourth-order valence-electron chi connectivity index (χ4n) is 1.91. The third kappa shape index (κ3) is 5.54. The Balaban J connectivity index is 2.77. The molecule has 3 amide bonds. The van der Waals surface area contributed by atoms with Crippen LogP contribution in [0.25, 0.3) is 0 Å². The van der Waals surface area contributed by atoms with Crippen LogP contribution in [0.4, 0.5) is 4.79 Å². The van der Waals surface area contributed by atoms with Crippen LogP contribution in [0.1, 0.15) is 53.9 Å². The average Bonchev–Trinajstić information content (AvgIpc) is 2.73. The molecule has 1 aliphatic heterocycles. The van der Waals surface area contributed by atoms with E-state index in [1.807, 2.05) is 6.92 Å². The minimum Gasteiger partial charge on any atom is -0.444 e. The van der Waals surface area contributed by atoms with E-state index in [-0.39, 0.29) is 18.8 Å². The highest BCUT2D eigenvalue weighted by Gasteiger charge is 2.37. The minimum absolute atomic E-state index is 0.0135. The zero-order valence-corrected chi connectivity index (χ0v) is 14.2. The Kier molecular flexibility index (Phi) is 6.12. The van der Waals surface area contributed by atoms with Crippen molar-refractivity contribution in [1.29, 1.82) is 0 Å². The number of carbonyl (C=O) groups excluding carboxylic acids is 4. The van der Waals surface area contributed by atoms with Gasteiger partial charge in [-0.05, 0) is 26.7 Å². The molecule has 0 aromatic rings. The van der Waals surface area contributed by atoms with Gasteiger partial charge in [0.25, 0.3) is 11.8 Å². The first-order valence-electron chi connectivity index (χ1n) is 7.62. The second-order valence-electron chi connectivity index (χ2n) is 6.50. The molecule has 0 aromatic heterocycles. The van der Waals surface area contributed by atoms with Gasteiger partial charge in [0.2, 0.25) is 0 Å². The van der Waals surface area contributed by atoms with Crippen molar-refractivity contribution >= 4 is 23.9 Å². The minimum atomic E-state index is -1.02. The van der Waals surface area contributed by atoms with E-state index in [9.17, 15) is 19.2 Å². The number of nitrogens with one attached hydrogen (secondary N) is 1. The van der Waals surface area contributed by atoms with Crippen LogP contribution >= 0.6 is 0 Å². The van der Waals surface area contributed by atoms with Crippen LogP contribution < -0.4 is 5.32 Å². The van der Waals surface area contributed by atoms with Crippen LogP contribution in [0.5, 0.6) is 0 Å². The first-order valence-corrected chi connectivity index (χ1v) is 7.62. The molecule has 1 aliphatic rings. The molecule has 2 atom stereocenters. The maximum absolute atomic E-state index is 12.3. The number of alkyl carbamates (subject to hydrolysis) is 1. The Labute approximate surface area is 135 Å². The number of carbonyl (C=O) groups is 4. The van der Waals surface area contributed by atoms with Gasteiger partial charge in [-0.15, -0.1) is 5.06 Å². The molecule has 1 saturated heterocycles. The Morgan fingerprint density at radius 3 is 2.17 bits per heavy atom. The molecular weight excluding hydrogens is 304 g/mol. The molecule has 0 saturated carbocycles. The number of hydrogen-bond acceptors (Lipinski definition) is 6. The number of hydroxylamine groups is 2. The van der Waals surface area contributed by atoms with Gasteiger partial charge in [-0.2, -0.15) is 0 Å². The van der Waals surface area contributed by atoms with Crippen LogP contribution in [0.15, 0.2) is 0 Å². The number of imide groups is 1. The molecular formula is C15H24N2O6. The van der Waals surface area contributed by atoms with Crippen molar-refractivity contribution in [2.45, 2.75) is 65.5 Å². The van der Waals surface area contributed by atoms with Crippen molar-refractivity contribution < 1.29 is 28.8 Å². The lowest BCUT2D eigenvalue weighted by atomic mass is 9.99. The molecule has 1 N–H and O–H groups in total. The topological polar surface area (TPSA) is 102 Å². The lowest BCUT2D eigenvalue weighted by Crippen LogP contribution is -2.49. The van der Waals surface area contributed by atoms with Gasteiger partial charge in [0.1, 0.15) is 11.6 Å². The highest BCUT2D eigenvalue weighted by molar-refractivity contribution is 6.01. The molecule has 23 heavy (non-hydrogen) atoms. The standard InChI is InChI=1S/C15H24N2O6/c1-6-9(2)12(16-14(21)22-15(3,4)5)13(20)23-17-10(18)7-8-11(17)19/h9,12H,6-8H2,1-5H3,(H,16,21). The van der Waals surface area contributed by atoms with E-state index < -0.39 is 35.5 Å². The van der Waals surface area contributed by atoms with Crippen molar-refractivity contribution in [3.05, 3.63) is 0 Å². The summed E-state index contributed by atoms with van der Waals surface area (Å²) >= 11 is 0. The fraction of sp³-hybridized carbons (Fsp3) is 0.733. The van der Waals surface area contributed by atoms with Crippen molar-refractivity contribution in [3.63, 3.8) is 0 Å². The van der Waals surface area contributed by atoms with Crippen LogP contribution in [-0.4, -0.2) is 40.6 Å². The van der Waals surface area contributed by atoms with Crippen molar-refractivity contribution in [2.24, 2.45) is 5.92 Å². The summed E-state index contributed by atoms with van der Waals surface area (Å²) < 4.78 is 5.12. The Hall–Kier alpha value is -2.12. The fourth-order valence-corrected chi connectivity index (χ4v) is 1.91. The lowest BCUT2D eigenvalue weighted by Gasteiger charge is -2.26. The summed E-state index contributed by atoms with van der Waals surface area (Å²) in [4.78, 5) is 52.0. The lowest BCUT2D eigenvalue weighted by molar-refractivity contribution is -0.199. The average molecular weight is 328 g/mol. The molecule has 130 valence electrons. The maximum Gasteiger partial charge on any atom is 0.408 e. The van der Waals surface area contributed by atoms with Gasteiger partial charge in [-0.25, -0.2) is 9.59 Å². The predicted molar refractivity (Wildman–Crippen MR) is 79.8 cm³/mol. The molecule has 1 heterocycles. The van der Waals surface area contributed by atoms with Gasteiger partial charge in [-0.3, -0.25) is 9.59 Å². The van der Waals surface area contributed by atoms with E-state index in [1.54, 1.807) is 27.7 Å². The normalized spacial score (nSPS) is 17.7.